The first kappa shape index (κ1) is 19.8. The molecule has 0 saturated heterocycles. The maximum absolute atomic E-state index is 13.0. The molecule has 8 heteroatoms. The summed E-state index contributed by atoms with van der Waals surface area (Å²) in [6, 6.07) is 6.06. The van der Waals surface area contributed by atoms with Crippen LogP contribution in [0.1, 0.15) is 18.1 Å². The SMILES string of the molecule is CCNC(=O)CNC(=O)Cn1cnc2scc(-c3ccc(C)c(C)c3)c2c1=O. The molecule has 0 atom stereocenters. The lowest BCUT2D eigenvalue weighted by molar-refractivity contribution is -0.126. The number of aromatic nitrogens is 2. The molecule has 2 N–H and O–H groups in total. The van der Waals surface area contributed by atoms with Crippen molar-refractivity contribution in [3.63, 3.8) is 0 Å². The summed E-state index contributed by atoms with van der Waals surface area (Å²) < 4.78 is 1.27. The zero-order chi connectivity index (χ0) is 20.3. The fourth-order valence-electron chi connectivity index (χ4n) is 2.85. The number of hydrogen-bond acceptors (Lipinski definition) is 5. The molecule has 0 bridgehead atoms. The molecular weight excluding hydrogens is 376 g/mol. The van der Waals surface area contributed by atoms with E-state index in [4.69, 9.17) is 0 Å². The molecule has 28 heavy (non-hydrogen) atoms. The van der Waals surface area contributed by atoms with Crippen LogP contribution in [0, 0.1) is 13.8 Å². The molecule has 0 spiro atoms. The summed E-state index contributed by atoms with van der Waals surface area (Å²) >= 11 is 1.40. The first-order valence-corrected chi connectivity index (χ1v) is 9.86. The Morgan fingerprint density at radius 2 is 1.93 bits per heavy atom. The van der Waals surface area contributed by atoms with Gasteiger partial charge in [-0.3, -0.25) is 19.0 Å². The van der Waals surface area contributed by atoms with Gasteiger partial charge >= 0.3 is 0 Å². The van der Waals surface area contributed by atoms with Gasteiger partial charge in [0, 0.05) is 17.5 Å². The molecule has 7 nitrogen and oxygen atoms in total. The lowest BCUT2D eigenvalue weighted by atomic mass is 10.0. The Labute approximate surface area is 166 Å². The highest BCUT2D eigenvalue weighted by Crippen LogP contribution is 2.31. The first-order chi connectivity index (χ1) is 13.4. The van der Waals surface area contributed by atoms with Gasteiger partial charge in [-0.05, 0) is 37.5 Å². The average molecular weight is 398 g/mol. The molecule has 0 saturated carbocycles. The summed E-state index contributed by atoms with van der Waals surface area (Å²) in [5, 5.41) is 7.53. The highest BCUT2D eigenvalue weighted by molar-refractivity contribution is 7.17. The number of nitrogens with zero attached hydrogens (tertiary/aromatic N) is 2. The quantitative estimate of drug-likeness (QED) is 0.664. The van der Waals surface area contributed by atoms with Crippen molar-refractivity contribution < 1.29 is 9.59 Å². The summed E-state index contributed by atoms with van der Waals surface area (Å²) in [6.07, 6.45) is 1.37. The molecule has 2 aromatic heterocycles. The van der Waals surface area contributed by atoms with Crippen LogP contribution in [0.15, 0.2) is 34.7 Å². The average Bonchev–Trinajstić information content (AvgIpc) is 3.10. The minimum absolute atomic E-state index is 0.122. The Morgan fingerprint density at radius 3 is 2.64 bits per heavy atom. The van der Waals surface area contributed by atoms with Crippen molar-refractivity contribution in [2.45, 2.75) is 27.3 Å². The number of thiophene rings is 1. The van der Waals surface area contributed by atoms with Crippen molar-refractivity contribution >= 4 is 33.4 Å². The van der Waals surface area contributed by atoms with Gasteiger partial charge in [0.15, 0.2) is 0 Å². The van der Waals surface area contributed by atoms with Crippen LogP contribution in [0.3, 0.4) is 0 Å². The number of benzene rings is 1. The largest absolute Gasteiger partial charge is 0.355 e. The van der Waals surface area contributed by atoms with Crippen LogP contribution < -0.4 is 16.2 Å². The van der Waals surface area contributed by atoms with Crippen molar-refractivity contribution in [2.75, 3.05) is 13.1 Å². The molecule has 1 aromatic carbocycles. The zero-order valence-electron chi connectivity index (χ0n) is 16.0. The fourth-order valence-corrected chi connectivity index (χ4v) is 3.76. The molecule has 0 unspecified atom stereocenters. The van der Waals surface area contributed by atoms with Crippen molar-refractivity contribution in [3.05, 3.63) is 51.4 Å². The number of likely N-dealkylation sites (N-methyl/N-ethyl adjacent to an activating group) is 1. The van der Waals surface area contributed by atoms with Gasteiger partial charge in [0.2, 0.25) is 11.8 Å². The highest BCUT2D eigenvalue weighted by Gasteiger charge is 2.15. The molecule has 2 heterocycles. The van der Waals surface area contributed by atoms with E-state index in [1.54, 1.807) is 6.92 Å². The van der Waals surface area contributed by atoms with E-state index in [2.05, 4.69) is 15.6 Å². The van der Waals surface area contributed by atoms with Crippen LogP contribution in [0.4, 0.5) is 0 Å². The molecular formula is C20H22N4O3S. The smallest absolute Gasteiger partial charge is 0.263 e. The number of fused-ring (bicyclic) bond motifs is 1. The summed E-state index contributed by atoms with van der Waals surface area (Å²) in [5.41, 5.74) is 3.82. The van der Waals surface area contributed by atoms with E-state index >= 15 is 0 Å². The van der Waals surface area contributed by atoms with E-state index in [1.165, 1.54) is 27.8 Å². The van der Waals surface area contributed by atoms with E-state index < -0.39 is 5.91 Å². The first-order valence-electron chi connectivity index (χ1n) is 8.98. The second kappa shape index (κ2) is 8.35. The number of amides is 2. The van der Waals surface area contributed by atoms with Crippen LogP contribution in [0.2, 0.25) is 0 Å². The van der Waals surface area contributed by atoms with Crippen molar-refractivity contribution in [1.82, 2.24) is 20.2 Å². The molecule has 3 rings (SSSR count). The molecule has 0 aliphatic carbocycles. The van der Waals surface area contributed by atoms with Crippen LogP contribution in [0.25, 0.3) is 21.3 Å². The Balaban J connectivity index is 1.88. The monoisotopic (exact) mass is 398 g/mol. The Kier molecular flexibility index (Phi) is 5.89. The number of rotatable bonds is 6. The minimum Gasteiger partial charge on any atom is -0.355 e. The predicted molar refractivity (Wildman–Crippen MR) is 110 cm³/mol. The second-order valence-corrected chi connectivity index (χ2v) is 7.39. The van der Waals surface area contributed by atoms with E-state index in [-0.39, 0.29) is 24.6 Å². The van der Waals surface area contributed by atoms with Gasteiger partial charge < -0.3 is 10.6 Å². The molecule has 0 radical (unpaired) electrons. The van der Waals surface area contributed by atoms with Crippen LogP contribution in [-0.4, -0.2) is 34.5 Å². The number of carbonyl (C=O) groups excluding carboxylic acids is 2. The lowest BCUT2D eigenvalue weighted by Crippen LogP contribution is -2.39. The van der Waals surface area contributed by atoms with Gasteiger partial charge in [0.1, 0.15) is 11.4 Å². The molecule has 0 fully saturated rings. The van der Waals surface area contributed by atoms with E-state index in [9.17, 15) is 14.4 Å². The third kappa shape index (κ3) is 4.12. The standard InChI is InChI=1S/C20H22N4O3S/c1-4-21-16(25)8-22-17(26)9-24-11-23-19-18(20(24)27)15(10-28-19)14-6-5-12(2)13(3)7-14/h5-7,10-11H,4,8-9H2,1-3H3,(H,21,25)(H,22,26). The van der Waals surface area contributed by atoms with Crippen LogP contribution >= 0.6 is 11.3 Å². The van der Waals surface area contributed by atoms with Gasteiger partial charge in [0.05, 0.1) is 18.3 Å². The number of nitrogens with one attached hydrogen (secondary N) is 2. The fraction of sp³-hybridized carbons (Fsp3) is 0.300. The predicted octanol–water partition coefficient (Wildman–Crippen LogP) is 1.99. The third-order valence-corrected chi connectivity index (χ3v) is 5.40. The summed E-state index contributed by atoms with van der Waals surface area (Å²) in [4.78, 5) is 41.5. The van der Waals surface area contributed by atoms with Gasteiger partial charge in [-0.25, -0.2) is 4.98 Å². The van der Waals surface area contributed by atoms with E-state index in [0.717, 1.165) is 16.7 Å². The Bertz CT molecular complexity index is 1100. The normalized spacial score (nSPS) is 10.8. The van der Waals surface area contributed by atoms with E-state index in [0.29, 0.717) is 16.8 Å². The second-order valence-electron chi connectivity index (χ2n) is 6.54. The summed E-state index contributed by atoms with van der Waals surface area (Å²) in [5.74, 6) is -0.691. The van der Waals surface area contributed by atoms with Crippen LogP contribution in [-0.2, 0) is 16.1 Å². The van der Waals surface area contributed by atoms with E-state index in [1.807, 2.05) is 37.4 Å². The van der Waals surface area contributed by atoms with Crippen molar-refractivity contribution in [2.24, 2.45) is 0 Å². The lowest BCUT2D eigenvalue weighted by Gasteiger charge is -2.08. The molecule has 0 aliphatic heterocycles. The number of aryl methyl sites for hydroxylation is 2. The summed E-state index contributed by atoms with van der Waals surface area (Å²) in [7, 11) is 0. The number of carbonyl (C=O) groups is 2. The highest BCUT2D eigenvalue weighted by atomic mass is 32.1. The molecule has 2 amide bonds. The molecule has 3 aromatic rings. The topological polar surface area (TPSA) is 93.1 Å². The minimum atomic E-state index is -0.419. The Hall–Kier alpha value is -3.00. The number of hydrogen-bond donors (Lipinski definition) is 2. The van der Waals surface area contributed by atoms with Crippen molar-refractivity contribution in [3.8, 4) is 11.1 Å². The van der Waals surface area contributed by atoms with Gasteiger partial charge in [-0.15, -0.1) is 11.3 Å². The van der Waals surface area contributed by atoms with Crippen molar-refractivity contribution in [1.29, 1.82) is 0 Å². The maximum Gasteiger partial charge on any atom is 0.263 e. The van der Waals surface area contributed by atoms with Crippen LogP contribution in [0.5, 0.6) is 0 Å². The summed E-state index contributed by atoms with van der Waals surface area (Å²) in [6.45, 7) is 6.05. The molecule has 0 aliphatic rings. The third-order valence-electron chi connectivity index (χ3n) is 4.51. The van der Waals surface area contributed by atoms with Gasteiger partial charge in [-0.2, -0.15) is 0 Å². The van der Waals surface area contributed by atoms with Gasteiger partial charge in [-0.1, -0.05) is 18.2 Å². The maximum atomic E-state index is 13.0. The zero-order valence-corrected chi connectivity index (χ0v) is 16.9. The van der Waals surface area contributed by atoms with Gasteiger partial charge in [0.25, 0.3) is 5.56 Å². The molecule has 146 valence electrons. The Morgan fingerprint density at radius 1 is 1.14 bits per heavy atom.